The highest BCUT2D eigenvalue weighted by Gasteiger charge is 2.15. The van der Waals surface area contributed by atoms with Crippen LogP contribution in [0.1, 0.15) is 10.4 Å². The van der Waals surface area contributed by atoms with E-state index in [4.69, 9.17) is 4.42 Å². The molecule has 0 aliphatic carbocycles. The van der Waals surface area contributed by atoms with Crippen molar-refractivity contribution in [1.82, 2.24) is 10.2 Å². The van der Waals surface area contributed by atoms with Crippen molar-refractivity contribution in [2.75, 3.05) is 5.75 Å². The fraction of sp³-hybridized carbons (Fsp3) is 0.0625. The van der Waals surface area contributed by atoms with E-state index in [0.29, 0.717) is 5.56 Å². The summed E-state index contributed by atoms with van der Waals surface area (Å²) in [7, 11) is 0. The number of thioether (sulfide) groups is 1. The molecule has 0 atom stereocenters. The van der Waals surface area contributed by atoms with Crippen LogP contribution in [-0.2, 0) is 0 Å². The number of rotatable bonds is 6. The van der Waals surface area contributed by atoms with Crippen molar-refractivity contribution in [3.05, 3.63) is 70.0 Å². The molecule has 0 spiro atoms. The fourth-order valence-corrected chi connectivity index (χ4v) is 2.67. The van der Waals surface area contributed by atoms with Crippen molar-refractivity contribution in [3.8, 4) is 11.5 Å². The minimum absolute atomic E-state index is 0.0000239. The highest BCUT2D eigenvalue weighted by Crippen LogP contribution is 2.26. The Morgan fingerprint density at radius 2 is 2.00 bits per heavy atom. The largest absolute Gasteiger partial charge is 0.411 e. The predicted octanol–water partition coefficient (Wildman–Crippen LogP) is 3.76. The zero-order valence-electron chi connectivity index (χ0n) is 12.6. The summed E-state index contributed by atoms with van der Waals surface area (Å²) in [5.41, 5.74) is 0.571. The van der Waals surface area contributed by atoms with Crippen LogP contribution < -0.4 is 0 Å². The average molecular weight is 359 g/mol. The minimum atomic E-state index is -0.521. The third kappa shape index (κ3) is 4.07. The van der Waals surface area contributed by atoms with Gasteiger partial charge in [-0.2, -0.15) is 0 Å². The second-order valence-electron chi connectivity index (χ2n) is 4.90. The number of nitro benzene ring substituents is 1. The van der Waals surface area contributed by atoms with Crippen LogP contribution in [0.15, 0.2) is 58.2 Å². The lowest BCUT2D eigenvalue weighted by molar-refractivity contribution is -0.384. The molecular weight excluding hydrogens is 349 g/mol. The van der Waals surface area contributed by atoms with Crippen LogP contribution in [0.25, 0.3) is 11.5 Å². The molecule has 0 amide bonds. The summed E-state index contributed by atoms with van der Waals surface area (Å²) in [6.07, 6.45) is 0. The molecule has 0 unspecified atom stereocenters. The highest BCUT2D eigenvalue weighted by molar-refractivity contribution is 7.99. The van der Waals surface area contributed by atoms with E-state index >= 15 is 0 Å². The van der Waals surface area contributed by atoms with Gasteiger partial charge in [0.05, 0.1) is 10.7 Å². The lowest BCUT2D eigenvalue weighted by Gasteiger charge is -1.99. The third-order valence-electron chi connectivity index (χ3n) is 3.18. The summed E-state index contributed by atoms with van der Waals surface area (Å²) in [5, 5.41) is 18.6. The Morgan fingerprint density at radius 3 is 2.76 bits per heavy atom. The van der Waals surface area contributed by atoms with Gasteiger partial charge < -0.3 is 4.42 Å². The molecule has 0 bridgehead atoms. The maximum atomic E-state index is 13.1. The van der Waals surface area contributed by atoms with Gasteiger partial charge in [-0.3, -0.25) is 14.9 Å². The molecule has 0 radical (unpaired) electrons. The standard InChI is InChI=1S/C16H10FN3O4S/c17-12-5-1-3-10(7-12)14(21)9-25-16-19-18-15(24-16)11-4-2-6-13(8-11)20(22)23/h1-8H,9H2. The Morgan fingerprint density at radius 1 is 1.20 bits per heavy atom. The van der Waals surface area contributed by atoms with Crippen molar-refractivity contribution >= 4 is 23.2 Å². The Bertz CT molecular complexity index is 944. The van der Waals surface area contributed by atoms with Gasteiger partial charge in [0.15, 0.2) is 5.78 Å². The Hall–Kier alpha value is -3.07. The predicted molar refractivity (Wildman–Crippen MR) is 87.8 cm³/mol. The van der Waals surface area contributed by atoms with Crippen LogP contribution in [0.5, 0.6) is 0 Å². The maximum absolute atomic E-state index is 13.1. The monoisotopic (exact) mass is 359 g/mol. The molecule has 25 heavy (non-hydrogen) atoms. The lowest BCUT2D eigenvalue weighted by atomic mass is 10.1. The Labute approximate surface area is 145 Å². The summed E-state index contributed by atoms with van der Waals surface area (Å²) >= 11 is 1.01. The maximum Gasteiger partial charge on any atom is 0.277 e. The number of nitrogens with zero attached hydrogens (tertiary/aromatic N) is 3. The van der Waals surface area contributed by atoms with Crippen LogP contribution in [0, 0.1) is 15.9 Å². The number of benzene rings is 2. The van der Waals surface area contributed by atoms with Gasteiger partial charge in [-0.1, -0.05) is 30.0 Å². The molecule has 1 heterocycles. The molecule has 9 heteroatoms. The normalized spacial score (nSPS) is 10.6. The number of Topliss-reactive ketones (excluding diaryl/α,β-unsaturated/α-hetero) is 1. The van der Waals surface area contributed by atoms with Gasteiger partial charge in [-0.25, -0.2) is 4.39 Å². The summed E-state index contributed by atoms with van der Waals surface area (Å²) in [6, 6.07) is 11.2. The molecule has 1 aromatic heterocycles. The zero-order valence-corrected chi connectivity index (χ0v) is 13.4. The van der Waals surface area contributed by atoms with Crippen LogP contribution in [0.4, 0.5) is 10.1 Å². The number of ketones is 1. The first-order valence-electron chi connectivity index (χ1n) is 7.03. The number of carbonyl (C=O) groups excluding carboxylic acids is 1. The van der Waals surface area contributed by atoms with Crippen LogP contribution in [0.2, 0.25) is 0 Å². The van der Waals surface area contributed by atoms with E-state index in [2.05, 4.69) is 10.2 Å². The van der Waals surface area contributed by atoms with Crippen molar-refractivity contribution in [1.29, 1.82) is 0 Å². The summed E-state index contributed by atoms with van der Waals surface area (Å²) < 4.78 is 18.5. The van der Waals surface area contributed by atoms with Gasteiger partial charge in [0, 0.05) is 23.3 Å². The molecule has 3 aromatic rings. The number of nitro groups is 1. The molecule has 7 nitrogen and oxygen atoms in total. The van der Waals surface area contributed by atoms with Crippen molar-refractivity contribution in [2.45, 2.75) is 5.22 Å². The van der Waals surface area contributed by atoms with E-state index in [1.165, 1.54) is 36.4 Å². The van der Waals surface area contributed by atoms with Gasteiger partial charge in [-0.15, -0.1) is 10.2 Å². The third-order valence-corrected chi connectivity index (χ3v) is 4.00. The van der Waals surface area contributed by atoms with Gasteiger partial charge in [0.2, 0.25) is 5.89 Å². The van der Waals surface area contributed by atoms with Crippen LogP contribution in [-0.4, -0.2) is 26.7 Å². The molecule has 2 aromatic carbocycles. The number of hydrogen-bond acceptors (Lipinski definition) is 7. The number of hydrogen-bond donors (Lipinski definition) is 0. The molecule has 0 N–H and O–H groups in total. The first-order valence-corrected chi connectivity index (χ1v) is 8.01. The van der Waals surface area contributed by atoms with E-state index in [9.17, 15) is 19.3 Å². The van der Waals surface area contributed by atoms with E-state index < -0.39 is 10.7 Å². The average Bonchev–Trinajstić information content (AvgIpc) is 3.09. The number of non-ortho nitro benzene ring substituents is 1. The molecule has 0 aliphatic rings. The second kappa shape index (κ2) is 7.22. The minimum Gasteiger partial charge on any atom is -0.411 e. The van der Waals surface area contributed by atoms with Crippen molar-refractivity contribution in [3.63, 3.8) is 0 Å². The molecule has 0 fully saturated rings. The molecule has 0 saturated heterocycles. The van der Waals surface area contributed by atoms with Gasteiger partial charge in [-0.05, 0) is 18.2 Å². The molecule has 3 rings (SSSR count). The smallest absolute Gasteiger partial charge is 0.277 e. The van der Waals surface area contributed by atoms with E-state index in [1.54, 1.807) is 6.07 Å². The summed E-state index contributed by atoms with van der Waals surface area (Å²) in [5.74, 6) is -0.648. The van der Waals surface area contributed by atoms with Gasteiger partial charge in [0.1, 0.15) is 5.82 Å². The van der Waals surface area contributed by atoms with E-state index in [-0.39, 0.29) is 33.9 Å². The SMILES string of the molecule is O=C(CSc1nnc(-c2cccc([N+](=O)[O-])c2)o1)c1cccc(F)c1. The number of aromatic nitrogens is 2. The van der Waals surface area contributed by atoms with Gasteiger partial charge >= 0.3 is 0 Å². The van der Waals surface area contributed by atoms with E-state index in [0.717, 1.165) is 17.8 Å². The van der Waals surface area contributed by atoms with Crippen LogP contribution >= 0.6 is 11.8 Å². The summed E-state index contributed by atoms with van der Waals surface area (Å²) in [4.78, 5) is 22.3. The van der Waals surface area contributed by atoms with Crippen LogP contribution in [0.3, 0.4) is 0 Å². The second-order valence-corrected chi connectivity index (χ2v) is 5.83. The Balaban J connectivity index is 1.69. The summed E-state index contributed by atoms with van der Waals surface area (Å²) in [6.45, 7) is 0. The fourth-order valence-electron chi connectivity index (χ4n) is 2.01. The lowest BCUT2D eigenvalue weighted by Crippen LogP contribution is -2.02. The molecule has 126 valence electrons. The van der Waals surface area contributed by atoms with E-state index in [1.807, 2.05) is 0 Å². The van der Waals surface area contributed by atoms with Crippen molar-refractivity contribution < 1.29 is 18.5 Å². The zero-order chi connectivity index (χ0) is 17.8. The van der Waals surface area contributed by atoms with Gasteiger partial charge in [0.25, 0.3) is 10.9 Å². The molecular formula is C16H10FN3O4S. The molecule has 0 aliphatic heterocycles. The number of halogens is 1. The number of carbonyl (C=O) groups is 1. The topological polar surface area (TPSA) is 99.1 Å². The molecule has 0 saturated carbocycles. The van der Waals surface area contributed by atoms with Crippen molar-refractivity contribution in [2.24, 2.45) is 0 Å². The first kappa shape index (κ1) is 16.8. The quantitative estimate of drug-likeness (QED) is 0.286. The highest BCUT2D eigenvalue weighted by atomic mass is 32.2. The Kier molecular flexibility index (Phi) is 4.85. The first-order chi connectivity index (χ1) is 12.0.